The summed E-state index contributed by atoms with van der Waals surface area (Å²) in [5.41, 5.74) is 6.53. The Bertz CT molecular complexity index is 432. The average molecular weight is 264 g/mol. The molecule has 1 aromatic heterocycles. The number of nitrogens with two attached hydrogens (primary N) is 1. The molecule has 6 nitrogen and oxygen atoms in total. The fourth-order valence-electron chi connectivity index (χ4n) is 2.09. The molecule has 1 unspecified atom stereocenters. The minimum Gasteiger partial charge on any atom is -0.399 e. The number of aromatic nitrogens is 1. The maximum absolute atomic E-state index is 12.0. The van der Waals surface area contributed by atoms with E-state index in [1.165, 1.54) is 6.20 Å². The largest absolute Gasteiger partial charge is 0.399 e. The molecule has 2 rings (SSSR count). The second-order valence-corrected chi connectivity index (χ2v) is 4.76. The minimum absolute atomic E-state index is 0.0637. The van der Waals surface area contributed by atoms with Crippen LogP contribution in [0.4, 0.5) is 5.69 Å². The van der Waals surface area contributed by atoms with Crippen molar-refractivity contribution < 1.29 is 9.53 Å². The van der Waals surface area contributed by atoms with E-state index >= 15 is 0 Å². The molecule has 3 N–H and O–H groups in total. The number of ether oxygens (including phenoxy) is 1. The highest BCUT2D eigenvalue weighted by Crippen LogP contribution is 2.04. The topological polar surface area (TPSA) is 80.5 Å². The first-order valence-electron chi connectivity index (χ1n) is 6.47. The third-order valence-electron chi connectivity index (χ3n) is 3.03. The maximum Gasteiger partial charge on any atom is 0.270 e. The average Bonchev–Trinajstić information content (AvgIpc) is 2.39. The van der Waals surface area contributed by atoms with E-state index in [0.29, 0.717) is 11.4 Å². The zero-order valence-corrected chi connectivity index (χ0v) is 11.1. The molecule has 0 radical (unpaired) electrons. The van der Waals surface area contributed by atoms with E-state index in [-0.39, 0.29) is 11.9 Å². The van der Waals surface area contributed by atoms with Gasteiger partial charge in [-0.3, -0.25) is 14.7 Å². The molecule has 1 aromatic rings. The van der Waals surface area contributed by atoms with E-state index in [0.717, 1.165) is 32.8 Å². The molecule has 1 aliphatic rings. The number of carbonyl (C=O) groups is 1. The van der Waals surface area contributed by atoms with Crippen LogP contribution in [0, 0.1) is 0 Å². The molecule has 0 spiro atoms. The van der Waals surface area contributed by atoms with E-state index < -0.39 is 0 Å². The maximum atomic E-state index is 12.0. The lowest BCUT2D eigenvalue weighted by Crippen LogP contribution is -2.46. The van der Waals surface area contributed by atoms with Gasteiger partial charge < -0.3 is 15.8 Å². The third-order valence-corrected chi connectivity index (χ3v) is 3.03. The smallest absolute Gasteiger partial charge is 0.270 e. The standard InChI is InChI=1S/C13H20N4O2/c1-10(9-17-4-6-19-7-5-17)16-13(18)12-8-11(14)2-3-15-12/h2-3,8,10H,4-7,9H2,1H3,(H2,14,15)(H,16,18). The Morgan fingerprint density at radius 3 is 3.00 bits per heavy atom. The van der Waals surface area contributed by atoms with Gasteiger partial charge in [-0.2, -0.15) is 0 Å². The van der Waals surface area contributed by atoms with Crippen molar-refractivity contribution in [3.63, 3.8) is 0 Å². The third kappa shape index (κ3) is 4.18. The van der Waals surface area contributed by atoms with Gasteiger partial charge in [-0.15, -0.1) is 0 Å². The second kappa shape index (κ2) is 6.49. The Kier molecular flexibility index (Phi) is 4.70. The lowest BCUT2D eigenvalue weighted by Gasteiger charge is -2.29. The van der Waals surface area contributed by atoms with Crippen molar-refractivity contribution >= 4 is 11.6 Å². The molecule has 1 aliphatic heterocycles. The number of carbonyl (C=O) groups excluding carboxylic acids is 1. The van der Waals surface area contributed by atoms with Crippen molar-refractivity contribution in [1.29, 1.82) is 0 Å². The molecule has 0 aliphatic carbocycles. The molecular formula is C13H20N4O2. The number of pyridine rings is 1. The van der Waals surface area contributed by atoms with Gasteiger partial charge >= 0.3 is 0 Å². The number of amides is 1. The van der Waals surface area contributed by atoms with Crippen LogP contribution in [0.2, 0.25) is 0 Å². The van der Waals surface area contributed by atoms with Gasteiger partial charge in [0.1, 0.15) is 5.69 Å². The molecule has 2 heterocycles. The van der Waals surface area contributed by atoms with E-state index in [4.69, 9.17) is 10.5 Å². The molecule has 1 amide bonds. The van der Waals surface area contributed by atoms with Crippen LogP contribution in [0.3, 0.4) is 0 Å². The lowest BCUT2D eigenvalue weighted by molar-refractivity contribution is 0.0342. The summed E-state index contributed by atoms with van der Waals surface area (Å²) in [7, 11) is 0. The summed E-state index contributed by atoms with van der Waals surface area (Å²) in [6, 6.07) is 3.30. The molecule has 0 bridgehead atoms. The normalized spacial score (nSPS) is 17.9. The number of nitrogens with zero attached hydrogens (tertiary/aromatic N) is 2. The predicted molar refractivity (Wildman–Crippen MR) is 72.8 cm³/mol. The summed E-state index contributed by atoms with van der Waals surface area (Å²) in [5, 5.41) is 2.93. The van der Waals surface area contributed by atoms with Crippen LogP contribution in [0.1, 0.15) is 17.4 Å². The zero-order chi connectivity index (χ0) is 13.7. The van der Waals surface area contributed by atoms with E-state index in [2.05, 4.69) is 15.2 Å². The summed E-state index contributed by atoms with van der Waals surface area (Å²) in [6.07, 6.45) is 1.54. The molecule has 1 fully saturated rings. The summed E-state index contributed by atoms with van der Waals surface area (Å²) < 4.78 is 5.29. The molecule has 19 heavy (non-hydrogen) atoms. The molecule has 0 saturated carbocycles. The number of nitrogens with one attached hydrogen (secondary N) is 1. The first kappa shape index (κ1) is 13.8. The minimum atomic E-state index is -0.187. The van der Waals surface area contributed by atoms with Gasteiger partial charge in [0.25, 0.3) is 5.91 Å². The van der Waals surface area contributed by atoms with Crippen molar-refractivity contribution in [3.8, 4) is 0 Å². The van der Waals surface area contributed by atoms with E-state index in [1.807, 2.05) is 6.92 Å². The van der Waals surface area contributed by atoms with Crippen molar-refractivity contribution in [3.05, 3.63) is 24.0 Å². The number of nitrogen functional groups attached to an aromatic ring is 1. The second-order valence-electron chi connectivity index (χ2n) is 4.76. The van der Waals surface area contributed by atoms with Crippen LogP contribution in [0.25, 0.3) is 0 Å². The Labute approximate surface area is 112 Å². The van der Waals surface area contributed by atoms with Crippen LogP contribution in [0.15, 0.2) is 18.3 Å². The fraction of sp³-hybridized carbons (Fsp3) is 0.538. The Balaban J connectivity index is 1.84. The Hall–Kier alpha value is -1.66. The van der Waals surface area contributed by atoms with Crippen LogP contribution in [0.5, 0.6) is 0 Å². The van der Waals surface area contributed by atoms with Crippen LogP contribution in [-0.4, -0.2) is 54.7 Å². The first-order chi connectivity index (χ1) is 9.15. The monoisotopic (exact) mass is 264 g/mol. The van der Waals surface area contributed by atoms with Gasteiger partial charge in [0.2, 0.25) is 0 Å². The first-order valence-corrected chi connectivity index (χ1v) is 6.47. The molecule has 0 aromatic carbocycles. The zero-order valence-electron chi connectivity index (χ0n) is 11.1. The van der Waals surface area contributed by atoms with Crippen molar-refractivity contribution in [2.45, 2.75) is 13.0 Å². The van der Waals surface area contributed by atoms with Gasteiger partial charge in [0, 0.05) is 37.6 Å². The fourth-order valence-corrected chi connectivity index (χ4v) is 2.09. The van der Waals surface area contributed by atoms with Gasteiger partial charge in [-0.05, 0) is 19.1 Å². The summed E-state index contributed by atoms with van der Waals surface area (Å²) in [5.74, 6) is -0.187. The van der Waals surface area contributed by atoms with Gasteiger partial charge in [-0.1, -0.05) is 0 Å². The Morgan fingerprint density at radius 1 is 1.58 bits per heavy atom. The number of anilines is 1. The quantitative estimate of drug-likeness (QED) is 0.807. The highest BCUT2D eigenvalue weighted by molar-refractivity contribution is 5.93. The number of rotatable bonds is 4. The van der Waals surface area contributed by atoms with Gasteiger partial charge in [0.05, 0.1) is 13.2 Å². The SMILES string of the molecule is CC(CN1CCOCC1)NC(=O)c1cc(N)ccn1. The van der Waals surface area contributed by atoms with E-state index in [1.54, 1.807) is 12.1 Å². The summed E-state index contributed by atoms with van der Waals surface area (Å²) in [4.78, 5) is 18.3. The number of hydrogen-bond acceptors (Lipinski definition) is 5. The van der Waals surface area contributed by atoms with Gasteiger partial charge in [0.15, 0.2) is 0 Å². The molecular weight excluding hydrogens is 244 g/mol. The van der Waals surface area contributed by atoms with Gasteiger partial charge in [-0.25, -0.2) is 0 Å². The van der Waals surface area contributed by atoms with Crippen LogP contribution in [-0.2, 0) is 4.74 Å². The van der Waals surface area contributed by atoms with Crippen LogP contribution < -0.4 is 11.1 Å². The van der Waals surface area contributed by atoms with Crippen molar-refractivity contribution in [2.24, 2.45) is 0 Å². The number of morpholine rings is 1. The molecule has 1 atom stereocenters. The predicted octanol–water partition coefficient (Wildman–Crippen LogP) is 0.114. The van der Waals surface area contributed by atoms with Crippen molar-refractivity contribution in [2.75, 3.05) is 38.6 Å². The Morgan fingerprint density at radius 2 is 2.32 bits per heavy atom. The van der Waals surface area contributed by atoms with Crippen LogP contribution >= 0.6 is 0 Å². The molecule has 104 valence electrons. The summed E-state index contributed by atoms with van der Waals surface area (Å²) >= 11 is 0. The summed E-state index contributed by atoms with van der Waals surface area (Å²) in [6.45, 7) is 6.15. The highest BCUT2D eigenvalue weighted by Gasteiger charge is 2.16. The lowest BCUT2D eigenvalue weighted by atomic mass is 10.2. The van der Waals surface area contributed by atoms with Crippen molar-refractivity contribution in [1.82, 2.24) is 15.2 Å². The van der Waals surface area contributed by atoms with E-state index in [9.17, 15) is 4.79 Å². The molecule has 6 heteroatoms. The highest BCUT2D eigenvalue weighted by atomic mass is 16.5. The number of hydrogen-bond donors (Lipinski definition) is 2. The molecule has 1 saturated heterocycles.